The van der Waals surface area contributed by atoms with Gasteiger partial charge < -0.3 is 24.8 Å². The molecule has 0 bridgehead atoms. The monoisotopic (exact) mass is 420 g/mol. The highest BCUT2D eigenvalue weighted by Gasteiger charge is 2.23. The fourth-order valence-electron chi connectivity index (χ4n) is 3.92. The van der Waals surface area contributed by atoms with E-state index in [2.05, 4.69) is 17.1 Å². The molecule has 6 nitrogen and oxygen atoms in total. The first-order chi connectivity index (χ1) is 14.7. The average molecular weight is 421 g/mol. The van der Waals surface area contributed by atoms with E-state index in [4.69, 9.17) is 14.6 Å². The summed E-state index contributed by atoms with van der Waals surface area (Å²) in [6.45, 7) is 6.38. The van der Waals surface area contributed by atoms with Crippen LogP contribution in [0.25, 0.3) is 0 Å². The molecule has 30 heavy (non-hydrogen) atoms. The molecule has 0 heterocycles. The number of aliphatic hydroxyl groups is 1. The van der Waals surface area contributed by atoms with E-state index in [1.807, 2.05) is 30.3 Å². The predicted octanol–water partition coefficient (Wildman–Crippen LogP) is 4.12. The van der Waals surface area contributed by atoms with E-state index in [0.717, 1.165) is 63.9 Å². The van der Waals surface area contributed by atoms with Crippen molar-refractivity contribution in [2.45, 2.75) is 77.0 Å². The van der Waals surface area contributed by atoms with Gasteiger partial charge in [-0.1, -0.05) is 50.1 Å². The second kappa shape index (κ2) is 15.2. The smallest absolute Gasteiger partial charge is 0.407 e. The van der Waals surface area contributed by atoms with Crippen molar-refractivity contribution in [3.8, 4) is 0 Å². The number of rotatable bonds is 14. The van der Waals surface area contributed by atoms with Gasteiger partial charge in [-0.15, -0.1) is 0 Å². The Morgan fingerprint density at radius 3 is 2.50 bits per heavy atom. The maximum absolute atomic E-state index is 12.0. The van der Waals surface area contributed by atoms with Crippen LogP contribution in [0.5, 0.6) is 0 Å². The molecule has 1 aliphatic rings. The topological polar surface area (TPSA) is 71.0 Å². The SMILES string of the molecule is CCN(CCO)CCCCCCOC1CCC(NC(=O)OCc2ccccc2)CC1. The van der Waals surface area contributed by atoms with Gasteiger partial charge in [0.2, 0.25) is 0 Å². The van der Waals surface area contributed by atoms with Crippen molar-refractivity contribution in [2.75, 3.05) is 32.8 Å². The van der Waals surface area contributed by atoms with Crippen LogP contribution < -0.4 is 5.32 Å². The van der Waals surface area contributed by atoms with Crippen LogP contribution in [0, 0.1) is 0 Å². The zero-order valence-electron chi connectivity index (χ0n) is 18.6. The number of amides is 1. The number of hydrogen-bond acceptors (Lipinski definition) is 5. The molecule has 0 aliphatic heterocycles. The van der Waals surface area contributed by atoms with E-state index >= 15 is 0 Å². The Morgan fingerprint density at radius 2 is 1.80 bits per heavy atom. The lowest BCUT2D eigenvalue weighted by atomic mass is 9.93. The number of nitrogens with zero attached hydrogens (tertiary/aromatic N) is 1. The van der Waals surface area contributed by atoms with Crippen LogP contribution in [-0.4, -0.2) is 61.1 Å². The third-order valence-electron chi connectivity index (χ3n) is 5.79. The summed E-state index contributed by atoms with van der Waals surface area (Å²) in [5, 5.41) is 12.0. The molecule has 2 rings (SSSR count). The minimum Gasteiger partial charge on any atom is -0.445 e. The van der Waals surface area contributed by atoms with Crippen molar-refractivity contribution >= 4 is 6.09 Å². The van der Waals surface area contributed by atoms with Gasteiger partial charge in [-0.2, -0.15) is 0 Å². The van der Waals surface area contributed by atoms with Gasteiger partial charge in [0.1, 0.15) is 6.61 Å². The van der Waals surface area contributed by atoms with Gasteiger partial charge in [0.15, 0.2) is 0 Å². The molecule has 1 aromatic rings. The Kier molecular flexibility index (Phi) is 12.5. The molecular weight excluding hydrogens is 380 g/mol. The number of nitrogens with one attached hydrogen (secondary N) is 1. The van der Waals surface area contributed by atoms with Crippen LogP contribution in [0.15, 0.2) is 30.3 Å². The zero-order valence-corrected chi connectivity index (χ0v) is 18.6. The zero-order chi connectivity index (χ0) is 21.4. The molecule has 0 atom stereocenters. The van der Waals surface area contributed by atoms with Gasteiger partial charge >= 0.3 is 6.09 Å². The lowest BCUT2D eigenvalue weighted by Crippen LogP contribution is -2.39. The van der Waals surface area contributed by atoms with Crippen LogP contribution in [0.1, 0.15) is 63.9 Å². The molecule has 0 spiro atoms. The molecule has 1 aliphatic carbocycles. The Labute approximate surface area is 181 Å². The predicted molar refractivity (Wildman–Crippen MR) is 119 cm³/mol. The van der Waals surface area contributed by atoms with Gasteiger partial charge in [0.05, 0.1) is 12.7 Å². The Bertz CT molecular complexity index is 562. The number of likely N-dealkylation sites (N-methyl/N-ethyl adjacent to an activating group) is 1. The van der Waals surface area contributed by atoms with Crippen LogP contribution >= 0.6 is 0 Å². The van der Waals surface area contributed by atoms with Crippen LogP contribution in [-0.2, 0) is 16.1 Å². The maximum Gasteiger partial charge on any atom is 0.407 e. The number of carbonyl (C=O) groups is 1. The minimum absolute atomic E-state index is 0.188. The highest BCUT2D eigenvalue weighted by molar-refractivity contribution is 5.67. The highest BCUT2D eigenvalue weighted by Crippen LogP contribution is 2.22. The molecular formula is C24H40N2O4. The molecule has 0 saturated heterocycles. The molecule has 1 saturated carbocycles. The van der Waals surface area contributed by atoms with Crippen molar-refractivity contribution < 1.29 is 19.4 Å². The fourth-order valence-corrected chi connectivity index (χ4v) is 3.92. The van der Waals surface area contributed by atoms with Crippen molar-refractivity contribution in [1.29, 1.82) is 0 Å². The summed E-state index contributed by atoms with van der Waals surface area (Å²) in [6, 6.07) is 9.92. The first kappa shape index (κ1) is 24.6. The van der Waals surface area contributed by atoms with Crippen molar-refractivity contribution in [1.82, 2.24) is 10.2 Å². The molecule has 1 amide bonds. The molecule has 2 N–H and O–H groups in total. The highest BCUT2D eigenvalue weighted by atomic mass is 16.5. The summed E-state index contributed by atoms with van der Waals surface area (Å²) in [5.74, 6) is 0. The summed E-state index contributed by atoms with van der Waals surface area (Å²) in [5.41, 5.74) is 0.998. The molecule has 6 heteroatoms. The third kappa shape index (κ3) is 10.4. The van der Waals surface area contributed by atoms with E-state index in [9.17, 15) is 4.79 Å². The second-order valence-electron chi connectivity index (χ2n) is 8.12. The van der Waals surface area contributed by atoms with E-state index in [-0.39, 0.29) is 18.7 Å². The summed E-state index contributed by atoms with van der Waals surface area (Å²) >= 11 is 0. The number of unbranched alkanes of at least 4 members (excludes halogenated alkanes) is 3. The first-order valence-electron chi connectivity index (χ1n) is 11.6. The largest absolute Gasteiger partial charge is 0.445 e. The normalized spacial score (nSPS) is 19.0. The van der Waals surface area contributed by atoms with Crippen molar-refractivity contribution in [3.05, 3.63) is 35.9 Å². The summed E-state index contributed by atoms with van der Waals surface area (Å²) in [7, 11) is 0. The second-order valence-corrected chi connectivity index (χ2v) is 8.12. The van der Waals surface area contributed by atoms with Gasteiger partial charge in [-0.3, -0.25) is 0 Å². The Morgan fingerprint density at radius 1 is 1.07 bits per heavy atom. The standard InChI is InChI=1S/C24H40N2O4/c1-2-26(17-18-27)16-8-3-4-9-19-29-23-14-12-22(13-15-23)25-24(28)30-20-21-10-6-5-7-11-21/h5-7,10-11,22-23,27H,2-4,8-9,12-20H2,1H3,(H,25,28). The maximum atomic E-state index is 12.0. The summed E-state index contributed by atoms with van der Waals surface area (Å²) < 4.78 is 11.3. The van der Waals surface area contributed by atoms with Crippen LogP contribution in [0.4, 0.5) is 4.79 Å². The minimum atomic E-state index is -0.330. The summed E-state index contributed by atoms with van der Waals surface area (Å²) in [6.07, 6.45) is 8.58. The first-order valence-corrected chi connectivity index (χ1v) is 11.6. The van der Waals surface area contributed by atoms with Gasteiger partial charge in [-0.25, -0.2) is 4.79 Å². The number of benzene rings is 1. The number of carbonyl (C=O) groups excluding carboxylic acids is 1. The van der Waals surface area contributed by atoms with E-state index in [1.54, 1.807) is 0 Å². The van der Waals surface area contributed by atoms with Crippen molar-refractivity contribution in [3.63, 3.8) is 0 Å². The third-order valence-corrected chi connectivity index (χ3v) is 5.79. The number of ether oxygens (including phenoxy) is 2. The molecule has 0 aromatic heterocycles. The van der Waals surface area contributed by atoms with E-state index < -0.39 is 0 Å². The summed E-state index contributed by atoms with van der Waals surface area (Å²) in [4.78, 5) is 14.3. The Hall–Kier alpha value is -1.63. The number of hydrogen-bond donors (Lipinski definition) is 2. The molecule has 170 valence electrons. The molecule has 0 unspecified atom stereocenters. The van der Waals surface area contributed by atoms with Gasteiger partial charge in [0.25, 0.3) is 0 Å². The fraction of sp³-hybridized carbons (Fsp3) is 0.708. The lowest BCUT2D eigenvalue weighted by Gasteiger charge is -2.29. The quantitative estimate of drug-likeness (QED) is 0.443. The number of aliphatic hydroxyl groups excluding tert-OH is 1. The van der Waals surface area contributed by atoms with Crippen LogP contribution in [0.2, 0.25) is 0 Å². The van der Waals surface area contributed by atoms with Crippen LogP contribution in [0.3, 0.4) is 0 Å². The number of alkyl carbamates (subject to hydrolysis) is 1. The Balaban J connectivity index is 1.45. The average Bonchev–Trinajstić information content (AvgIpc) is 2.78. The molecule has 0 radical (unpaired) electrons. The van der Waals surface area contributed by atoms with E-state index in [1.165, 1.54) is 19.3 Å². The van der Waals surface area contributed by atoms with Gasteiger partial charge in [0, 0.05) is 19.2 Å². The van der Waals surface area contributed by atoms with Crippen molar-refractivity contribution in [2.24, 2.45) is 0 Å². The van der Waals surface area contributed by atoms with Gasteiger partial charge in [-0.05, 0) is 57.2 Å². The molecule has 1 fully saturated rings. The van der Waals surface area contributed by atoms with E-state index in [0.29, 0.717) is 12.7 Å². The molecule has 1 aromatic carbocycles. The lowest BCUT2D eigenvalue weighted by molar-refractivity contribution is 0.0199.